The molecule has 0 aliphatic rings. The van der Waals surface area contributed by atoms with E-state index in [0.717, 1.165) is 22.7 Å². The first-order valence-electron chi connectivity index (χ1n) is 7.03. The van der Waals surface area contributed by atoms with Crippen molar-refractivity contribution in [2.75, 3.05) is 25.3 Å². The lowest BCUT2D eigenvalue weighted by atomic mass is 10.3. The van der Waals surface area contributed by atoms with Gasteiger partial charge in [0.2, 0.25) is 16.0 Å². The van der Waals surface area contributed by atoms with Crippen LogP contribution in [0.4, 0.5) is 5.95 Å². The number of sulfonamides is 1. The zero-order chi connectivity index (χ0) is 17.5. The Bertz CT molecular complexity index is 1000. The van der Waals surface area contributed by atoms with E-state index in [1.54, 1.807) is 6.07 Å². The van der Waals surface area contributed by atoms with Gasteiger partial charge in [0.25, 0.3) is 5.91 Å². The van der Waals surface area contributed by atoms with Crippen molar-refractivity contribution in [1.82, 2.24) is 14.3 Å². The second kappa shape index (κ2) is 5.91. The predicted molar refractivity (Wildman–Crippen MR) is 95.6 cm³/mol. The van der Waals surface area contributed by atoms with Gasteiger partial charge in [-0.25, -0.2) is 18.1 Å². The molecule has 1 N–H and O–H groups in total. The van der Waals surface area contributed by atoms with Crippen LogP contribution < -0.4 is 9.62 Å². The van der Waals surface area contributed by atoms with E-state index in [2.05, 4.69) is 4.98 Å². The summed E-state index contributed by atoms with van der Waals surface area (Å²) in [6.07, 6.45) is 0.949. The van der Waals surface area contributed by atoms with Crippen molar-refractivity contribution in [3.05, 3.63) is 41.3 Å². The number of aromatic nitrogens is 2. The third kappa shape index (κ3) is 3.13. The predicted octanol–water partition coefficient (Wildman–Crippen LogP) is 1.84. The maximum absolute atomic E-state index is 12.1. The zero-order valence-electron chi connectivity index (χ0n) is 13.3. The summed E-state index contributed by atoms with van der Waals surface area (Å²) >= 11 is 1.20. The van der Waals surface area contributed by atoms with Gasteiger partial charge in [0, 0.05) is 19.8 Å². The van der Waals surface area contributed by atoms with Gasteiger partial charge in [-0.05, 0) is 18.2 Å². The van der Waals surface area contributed by atoms with Crippen molar-refractivity contribution in [3.8, 4) is 5.69 Å². The highest BCUT2D eigenvalue weighted by Gasteiger charge is 2.20. The Labute approximate surface area is 143 Å². The van der Waals surface area contributed by atoms with Crippen molar-refractivity contribution < 1.29 is 13.2 Å². The largest absolute Gasteiger partial charge is 0.348 e. The quantitative estimate of drug-likeness (QED) is 0.764. The summed E-state index contributed by atoms with van der Waals surface area (Å²) in [6.45, 7) is 0. The highest BCUT2D eigenvalue weighted by molar-refractivity contribution is 7.89. The third-order valence-corrected chi connectivity index (χ3v) is 4.90. The molecule has 126 valence electrons. The van der Waals surface area contributed by atoms with E-state index in [4.69, 9.17) is 0 Å². The lowest BCUT2D eigenvalue weighted by Crippen LogP contribution is -2.28. The molecule has 0 aliphatic heterocycles. The SMILES string of the molecule is CN(C)c1nc2cc(C(=O)NS(C)(=O)=O)sc2n1-c1ccccc1. The Balaban J connectivity index is 2.15. The number of nitrogens with one attached hydrogen (secondary N) is 1. The second-order valence-electron chi connectivity index (χ2n) is 5.48. The molecule has 9 heteroatoms. The van der Waals surface area contributed by atoms with Crippen LogP contribution in [0.1, 0.15) is 9.67 Å². The molecule has 0 bridgehead atoms. The van der Waals surface area contributed by atoms with E-state index in [-0.39, 0.29) is 0 Å². The lowest BCUT2D eigenvalue weighted by molar-refractivity contribution is 0.0985. The van der Waals surface area contributed by atoms with E-state index in [1.807, 2.05) is 58.6 Å². The molecule has 1 aromatic carbocycles. The van der Waals surface area contributed by atoms with E-state index in [1.165, 1.54) is 11.3 Å². The molecule has 0 spiro atoms. The van der Waals surface area contributed by atoms with Crippen LogP contribution in [0, 0.1) is 0 Å². The molecule has 0 radical (unpaired) electrons. The fourth-order valence-electron chi connectivity index (χ4n) is 2.30. The van der Waals surface area contributed by atoms with Crippen molar-refractivity contribution >= 4 is 43.6 Å². The summed E-state index contributed by atoms with van der Waals surface area (Å²) in [6, 6.07) is 11.3. The molecular formula is C15H16N4O3S2. The summed E-state index contributed by atoms with van der Waals surface area (Å²) in [7, 11) is 0.179. The van der Waals surface area contributed by atoms with Gasteiger partial charge in [-0.3, -0.25) is 9.36 Å². The number of benzene rings is 1. The fourth-order valence-corrected chi connectivity index (χ4v) is 3.82. The minimum atomic E-state index is -3.60. The number of carbonyl (C=O) groups is 1. The number of carbonyl (C=O) groups excluding carboxylic acids is 1. The Morgan fingerprint density at radius 1 is 1.25 bits per heavy atom. The van der Waals surface area contributed by atoms with Crippen molar-refractivity contribution in [2.24, 2.45) is 0 Å². The van der Waals surface area contributed by atoms with Crippen LogP contribution in [0.2, 0.25) is 0 Å². The molecule has 24 heavy (non-hydrogen) atoms. The number of nitrogens with zero attached hydrogens (tertiary/aromatic N) is 3. The second-order valence-corrected chi connectivity index (χ2v) is 8.26. The molecule has 2 heterocycles. The summed E-state index contributed by atoms with van der Waals surface area (Å²) < 4.78 is 26.4. The minimum absolute atomic E-state index is 0.299. The number of fused-ring (bicyclic) bond motifs is 1. The van der Waals surface area contributed by atoms with E-state index < -0.39 is 15.9 Å². The first-order chi connectivity index (χ1) is 11.3. The zero-order valence-corrected chi connectivity index (χ0v) is 15.0. The smallest absolute Gasteiger partial charge is 0.274 e. The van der Waals surface area contributed by atoms with Crippen molar-refractivity contribution in [3.63, 3.8) is 0 Å². The lowest BCUT2D eigenvalue weighted by Gasteiger charge is -2.14. The molecule has 7 nitrogen and oxygen atoms in total. The highest BCUT2D eigenvalue weighted by atomic mass is 32.2. The Kier molecular flexibility index (Phi) is 4.06. The van der Waals surface area contributed by atoms with E-state index in [9.17, 15) is 13.2 Å². The summed E-state index contributed by atoms with van der Waals surface area (Å²) in [5.41, 5.74) is 1.56. The molecule has 0 saturated carbocycles. The number of hydrogen-bond acceptors (Lipinski definition) is 6. The number of imidazole rings is 1. The normalized spacial score (nSPS) is 11.6. The Morgan fingerprint density at radius 3 is 2.50 bits per heavy atom. The van der Waals surface area contributed by atoms with Crippen LogP contribution in [-0.4, -0.2) is 44.2 Å². The molecule has 0 fully saturated rings. The number of para-hydroxylation sites is 1. The van der Waals surface area contributed by atoms with Crippen LogP contribution in [0.25, 0.3) is 16.0 Å². The molecule has 0 saturated heterocycles. The molecular weight excluding hydrogens is 348 g/mol. The number of rotatable bonds is 4. The van der Waals surface area contributed by atoms with Gasteiger partial charge in [-0.15, -0.1) is 11.3 Å². The monoisotopic (exact) mass is 364 g/mol. The van der Waals surface area contributed by atoms with Crippen LogP contribution in [-0.2, 0) is 10.0 Å². The number of thiophene rings is 1. The van der Waals surface area contributed by atoms with Gasteiger partial charge in [-0.1, -0.05) is 18.2 Å². The third-order valence-electron chi connectivity index (χ3n) is 3.23. The van der Waals surface area contributed by atoms with Crippen molar-refractivity contribution in [2.45, 2.75) is 0 Å². The maximum Gasteiger partial charge on any atom is 0.274 e. The van der Waals surface area contributed by atoms with Crippen LogP contribution in [0.15, 0.2) is 36.4 Å². The van der Waals surface area contributed by atoms with E-state index >= 15 is 0 Å². The van der Waals surface area contributed by atoms with Crippen LogP contribution >= 0.6 is 11.3 Å². The number of anilines is 1. The van der Waals surface area contributed by atoms with Gasteiger partial charge in [0.05, 0.1) is 11.1 Å². The molecule has 0 aliphatic carbocycles. The Morgan fingerprint density at radius 2 is 1.92 bits per heavy atom. The van der Waals surface area contributed by atoms with Gasteiger partial charge in [0.1, 0.15) is 10.3 Å². The Hall–Kier alpha value is -2.39. The maximum atomic E-state index is 12.1. The number of hydrogen-bond donors (Lipinski definition) is 1. The van der Waals surface area contributed by atoms with Crippen LogP contribution in [0.5, 0.6) is 0 Å². The average molecular weight is 364 g/mol. The van der Waals surface area contributed by atoms with Gasteiger partial charge < -0.3 is 4.90 Å². The molecule has 0 unspecified atom stereocenters. The van der Waals surface area contributed by atoms with Gasteiger partial charge >= 0.3 is 0 Å². The first-order valence-corrected chi connectivity index (χ1v) is 9.74. The fraction of sp³-hybridized carbons (Fsp3) is 0.200. The molecule has 3 aromatic rings. The van der Waals surface area contributed by atoms with Gasteiger partial charge in [-0.2, -0.15) is 0 Å². The average Bonchev–Trinajstić information content (AvgIpc) is 3.03. The first kappa shape index (κ1) is 16.5. The minimum Gasteiger partial charge on any atom is -0.348 e. The summed E-state index contributed by atoms with van der Waals surface area (Å²) in [5.74, 6) is 0.0871. The summed E-state index contributed by atoms with van der Waals surface area (Å²) in [4.78, 5) is 19.6. The van der Waals surface area contributed by atoms with Crippen LogP contribution in [0.3, 0.4) is 0 Å². The van der Waals surface area contributed by atoms with Gasteiger partial charge in [0.15, 0.2) is 0 Å². The molecule has 2 aromatic heterocycles. The standard InChI is InChI=1S/C15H16N4O3S2/c1-18(2)15-16-11-9-12(13(20)17-24(3,21)22)23-14(11)19(15)10-7-5-4-6-8-10/h4-9H,1-3H3,(H,17,20). The highest BCUT2D eigenvalue weighted by Crippen LogP contribution is 2.32. The summed E-state index contributed by atoms with van der Waals surface area (Å²) in [5, 5.41) is 0. The van der Waals surface area contributed by atoms with E-state index in [0.29, 0.717) is 10.4 Å². The number of amides is 1. The molecule has 0 atom stereocenters. The molecule has 3 rings (SSSR count). The topological polar surface area (TPSA) is 84.3 Å². The molecule has 1 amide bonds. The van der Waals surface area contributed by atoms with Crippen molar-refractivity contribution in [1.29, 1.82) is 0 Å².